The van der Waals surface area contributed by atoms with Crippen LogP contribution in [0.5, 0.6) is 5.75 Å². The van der Waals surface area contributed by atoms with Crippen molar-refractivity contribution in [3.05, 3.63) is 35.3 Å². The first-order valence-corrected chi connectivity index (χ1v) is 8.51. The maximum atomic E-state index is 12.4. The maximum absolute atomic E-state index is 12.4. The third kappa shape index (κ3) is 3.38. The van der Waals surface area contributed by atoms with Crippen molar-refractivity contribution < 1.29 is 14.6 Å². The van der Waals surface area contributed by atoms with E-state index in [0.717, 1.165) is 42.0 Å². The van der Waals surface area contributed by atoms with Crippen LogP contribution in [0.1, 0.15) is 35.4 Å². The Labute approximate surface area is 139 Å². The molecule has 1 aromatic carbocycles. The molecule has 0 unspecified atom stereocenters. The third-order valence-corrected chi connectivity index (χ3v) is 5.35. The monoisotopic (exact) mass is 332 g/mol. The first kappa shape index (κ1) is 16.0. The summed E-state index contributed by atoms with van der Waals surface area (Å²) in [5.41, 5.74) is 0.494. The number of ether oxygens (including phenoxy) is 1. The fraction of sp³-hybridized carbons (Fsp3) is 0.412. The Morgan fingerprint density at radius 3 is 2.65 bits per heavy atom. The SMILES string of the molecule is COc1ccc(-c2ncc(C(=O)NC3(CO)CCCC3)s2)cc1. The number of rotatable bonds is 5. The molecular formula is C17H20N2O3S. The molecule has 1 amide bonds. The van der Waals surface area contributed by atoms with Gasteiger partial charge in [0.1, 0.15) is 15.6 Å². The lowest BCUT2D eigenvalue weighted by Crippen LogP contribution is -2.49. The summed E-state index contributed by atoms with van der Waals surface area (Å²) in [7, 11) is 1.63. The van der Waals surface area contributed by atoms with Gasteiger partial charge in [-0.05, 0) is 37.1 Å². The molecule has 0 spiro atoms. The number of hydrogen-bond donors (Lipinski definition) is 2. The molecule has 0 atom stereocenters. The van der Waals surface area contributed by atoms with Crippen LogP contribution in [0.15, 0.2) is 30.5 Å². The van der Waals surface area contributed by atoms with Gasteiger partial charge in [-0.15, -0.1) is 11.3 Å². The highest BCUT2D eigenvalue weighted by Gasteiger charge is 2.35. The number of aliphatic hydroxyl groups excluding tert-OH is 1. The van der Waals surface area contributed by atoms with E-state index < -0.39 is 5.54 Å². The van der Waals surface area contributed by atoms with E-state index in [4.69, 9.17) is 4.74 Å². The van der Waals surface area contributed by atoms with Crippen LogP contribution in [0.3, 0.4) is 0 Å². The highest BCUT2D eigenvalue weighted by Crippen LogP contribution is 2.31. The summed E-state index contributed by atoms with van der Waals surface area (Å²) in [5.74, 6) is 0.632. The van der Waals surface area contributed by atoms with E-state index in [-0.39, 0.29) is 12.5 Å². The van der Waals surface area contributed by atoms with Gasteiger partial charge >= 0.3 is 0 Å². The molecule has 1 saturated carbocycles. The zero-order chi connectivity index (χ0) is 16.3. The number of benzene rings is 1. The fourth-order valence-electron chi connectivity index (χ4n) is 2.92. The third-order valence-electron chi connectivity index (χ3n) is 4.31. The predicted octanol–water partition coefficient (Wildman–Crippen LogP) is 2.85. The second-order valence-corrected chi connectivity index (χ2v) is 6.89. The van der Waals surface area contributed by atoms with Gasteiger partial charge in [-0.1, -0.05) is 12.8 Å². The van der Waals surface area contributed by atoms with Gasteiger partial charge in [0.15, 0.2) is 0 Å². The van der Waals surface area contributed by atoms with Gasteiger partial charge in [-0.2, -0.15) is 0 Å². The second kappa shape index (κ2) is 6.68. The molecule has 0 bridgehead atoms. The van der Waals surface area contributed by atoms with Gasteiger partial charge in [0.2, 0.25) is 0 Å². The average Bonchev–Trinajstić information content (AvgIpc) is 3.25. The van der Waals surface area contributed by atoms with Crippen molar-refractivity contribution in [2.75, 3.05) is 13.7 Å². The number of nitrogens with one attached hydrogen (secondary N) is 1. The Hall–Kier alpha value is -1.92. The molecule has 1 aliphatic rings. The van der Waals surface area contributed by atoms with E-state index in [1.807, 2.05) is 24.3 Å². The number of amides is 1. The second-order valence-electron chi connectivity index (χ2n) is 5.86. The lowest BCUT2D eigenvalue weighted by molar-refractivity contribution is 0.0842. The molecule has 1 fully saturated rings. The van der Waals surface area contributed by atoms with Crippen molar-refractivity contribution >= 4 is 17.2 Å². The summed E-state index contributed by atoms with van der Waals surface area (Å²) in [6, 6.07) is 7.59. The predicted molar refractivity (Wildman–Crippen MR) is 89.9 cm³/mol. The fourth-order valence-corrected chi connectivity index (χ4v) is 3.74. The quantitative estimate of drug-likeness (QED) is 0.883. The molecule has 6 heteroatoms. The summed E-state index contributed by atoms with van der Waals surface area (Å²) in [6.07, 6.45) is 5.35. The number of thiazole rings is 1. The van der Waals surface area contributed by atoms with Crippen molar-refractivity contribution in [2.45, 2.75) is 31.2 Å². The molecule has 23 heavy (non-hydrogen) atoms. The van der Waals surface area contributed by atoms with Gasteiger partial charge < -0.3 is 15.2 Å². The van der Waals surface area contributed by atoms with Crippen LogP contribution in [0.4, 0.5) is 0 Å². The smallest absolute Gasteiger partial charge is 0.263 e. The van der Waals surface area contributed by atoms with E-state index in [9.17, 15) is 9.90 Å². The Kier molecular flexibility index (Phi) is 4.63. The van der Waals surface area contributed by atoms with Gasteiger partial charge in [-0.25, -0.2) is 4.98 Å². The highest BCUT2D eigenvalue weighted by molar-refractivity contribution is 7.16. The van der Waals surface area contributed by atoms with E-state index in [1.165, 1.54) is 11.3 Å². The lowest BCUT2D eigenvalue weighted by atomic mass is 9.99. The Bertz CT molecular complexity index is 675. The minimum Gasteiger partial charge on any atom is -0.497 e. The molecule has 0 aliphatic heterocycles. The summed E-state index contributed by atoms with van der Waals surface area (Å²) in [6.45, 7) is -0.0110. The molecule has 2 aromatic rings. The Balaban J connectivity index is 1.74. The number of hydrogen-bond acceptors (Lipinski definition) is 5. The minimum atomic E-state index is -0.457. The molecule has 0 saturated heterocycles. The highest BCUT2D eigenvalue weighted by atomic mass is 32.1. The lowest BCUT2D eigenvalue weighted by Gasteiger charge is -2.27. The molecular weight excluding hydrogens is 312 g/mol. The van der Waals surface area contributed by atoms with Crippen LogP contribution in [0.25, 0.3) is 10.6 Å². The van der Waals surface area contributed by atoms with Gasteiger partial charge in [0, 0.05) is 5.56 Å². The molecule has 5 nitrogen and oxygen atoms in total. The van der Waals surface area contributed by atoms with Crippen LogP contribution in [0.2, 0.25) is 0 Å². The molecule has 1 heterocycles. The summed E-state index contributed by atoms with van der Waals surface area (Å²) in [5, 5.41) is 13.4. The maximum Gasteiger partial charge on any atom is 0.263 e. The number of aromatic nitrogens is 1. The Morgan fingerprint density at radius 2 is 2.04 bits per heavy atom. The normalized spacial score (nSPS) is 16.3. The van der Waals surface area contributed by atoms with Crippen LogP contribution in [0, 0.1) is 0 Å². The average molecular weight is 332 g/mol. The van der Waals surface area contributed by atoms with Gasteiger partial charge in [0.25, 0.3) is 5.91 Å². The van der Waals surface area contributed by atoms with E-state index in [2.05, 4.69) is 10.3 Å². The molecule has 0 radical (unpaired) electrons. The number of nitrogens with zero attached hydrogens (tertiary/aromatic N) is 1. The van der Waals surface area contributed by atoms with Gasteiger partial charge in [-0.3, -0.25) is 4.79 Å². The standard InChI is InChI=1S/C17H20N2O3S/c1-22-13-6-4-12(5-7-13)16-18-10-14(23-16)15(21)19-17(11-20)8-2-3-9-17/h4-7,10,20H,2-3,8-9,11H2,1H3,(H,19,21). The van der Waals surface area contributed by atoms with Crippen molar-refractivity contribution in [1.82, 2.24) is 10.3 Å². The van der Waals surface area contributed by atoms with E-state index in [0.29, 0.717) is 4.88 Å². The topological polar surface area (TPSA) is 71.5 Å². The first-order chi connectivity index (χ1) is 11.2. The minimum absolute atomic E-state index is 0.0110. The van der Waals surface area contributed by atoms with E-state index in [1.54, 1.807) is 13.3 Å². The van der Waals surface area contributed by atoms with Crippen LogP contribution in [-0.4, -0.2) is 35.3 Å². The zero-order valence-electron chi connectivity index (χ0n) is 13.0. The van der Waals surface area contributed by atoms with Crippen molar-refractivity contribution in [3.63, 3.8) is 0 Å². The Morgan fingerprint density at radius 1 is 1.35 bits per heavy atom. The summed E-state index contributed by atoms with van der Waals surface area (Å²) in [4.78, 5) is 17.3. The van der Waals surface area contributed by atoms with E-state index >= 15 is 0 Å². The molecule has 1 aliphatic carbocycles. The molecule has 2 N–H and O–H groups in total. The van der Waals surface area contributed by atoms with Crippen molar-refractivity contribution in [3.8, 4) is 16.3 Å². The van der Waals surface area contributed by atoms with Gasteiger partial charge in [0.05, 0.1) is 25.5 Å². The van der Waals surface area contributed by atoms with Crippen molar-refractivity contribution in [1.29, 1.82) is 0 Å². The number of aliphatic hydroxyl groups is 1. The summed E-state index contributed by atoms with van der Waals surface area (Å²) >= 11 is 1.35. The molecule has 122 valence electrons. The van der Waals surface area contributed by atoms with Crippen molar-refractivity contribution in [2.24, 2.45) is 0 Å². The largest absolute Gasteiger partial charge is 0.497 e. The number of carbonyl (C=O) groups is 1. The molecule has 3 rings (SSSR count). The number of methoxy groups -OCH3 is 1. The van der Waals surface area contributed by atoms with Crippen LogP contribution >= 0.6 is 11.3 Å². The van der Waals surface area contributed by atoms with Crippen LogP contribution in [-0.2, 0) is 0 Å². The molecule has 1 aromatic heterocycles. The summed E-state index contributed by atoms with van der Waals surface area (Å²) < 4.78 is 5.14. The first-order valence-electron chi connectivity index (χ1n) is 7.69. The zero-order valence-corrected chi connectivity index (χ0v) is 13.9. The van der Waals surface area contributed by atoms with Crippen LogP contribution < -0.4 is 10.1 Å². The number of carbonyl (C=O) groups excluding carboxylic acids is 1.